The van der Waals surface area contributed by atoms with E-state index in [1.54, 1.807) is 0 Å². The molecule has 0 aromatic heterocycles. The topological polar surface area (TPSA) is 44.5 Å². The molecule has 0 saturated heterocycles. The summed E-state index contributed by atoms with van der Waals surface area (Å²) in [5.41, 5.74) is 5.61. The third-order valence-electron chi connectivity index (χ3n) is 1.13. The smallest absolute Gasteiger partial charge is 0.224 e. The van der Waals surface area contributed by atoms with Crippen LogP contribution in [0.25, 0.3) is 0 Å². The number of hydrogen-bond acceptors (Lipinski definition) is 3. The first-order valence-corrected chi connectivity index (χ1v) is 3.54. The summed E-state index contributed by atoms with van der Waals surface area (Å²) >= 11 is 0. The lowest BCUT2D eigenvalue weighted by Gasteiger charge is -2.26. The van der Waals surface area contributed by atoms with Gasteiger partial charge in [-0.1, -0.05) is 0 Å². The molecule has 0 bridgehead atoms. The van der Waals surface area contributed by atoms with Crippen LogP contribution in [-0.4, -0.2) is 19.1 Å². The van der Waals surface area contributed by atoms with Gasteiger partial charge in [0.25, 0.3) is 0 Å². The van der Waals surface area contributed by atoms with E-state index in [9.17, 15) is 0 Å². The fraction of sp³-hybridized carbons (Fsp3) is 0.857. The van der Waals surface area contributed by atoms with Gasteiger partial charge in [0.05, 0.1) is 0 Å². The van der Waals surface area contributed by atoms with E-state index in [0.29, 0.717) is 19.6 Å². The first-order chi connectivity index (χ1) is 4.68. The lowest BCUT2D eigenvalue weighted by Crippen LogP contribution is -2.45. The van der Waals surface area contributed by atoms with E-state index in [-0.39, 0.29) is 0 Å². The van der Waals surface area contributed by atoms with Gasteiger partial charge in [-0.05, 0) is 20.8 Å². The molecule has 61 valence electrons. The quantitative estimate of drug-likeness (QED) is 0.586. The van der Waals surface area contributed by atoms with Crippen LogP contribution in [0.15, 0.2) is 0 Å². The van der Waals surface area contributed by atoms with Gasteiger partial charge >= 0.3 is 0 Å². The average Bonchev–Trinajstić information content (AvgIpc) is 1.89. The van der Waals surface area contributed by atoms with Gasteiger partial charge in [-0.3, -0.25) is 5.73 Å². The van der Waals surface area contributed by atoms with Gasteiger partial charge in [0, 0.05) is 19.6 Å². The van der Waals surface area contributed by atoms with Crippen molar-refractivity contribution < 1.29 is 9.47 Å². The molecule has 0 aliphatic rings. The second-order valence-corrected chi connectivity index (χ2v) is 1.93. The minimum atomic E-state index is -0.969. The average molecular weight is 146 g/mol. The van der Waals surface area contributed by atoms with E-state index >= 15 is 0 Å². The van der Waals surface area contributed by atoms with Crippen molar-refractivity contribution in [3.8, 4) is 0 Å². The fourth-order valence-electron chi connectivity index (χ4n) is 0.675. The van der Waals surface area contributed by atoms with E-state index < -0.39 is 5.91 Å². The zero-order chi connectivity index (χ0) is 8.04. The van der Waals surface area contributed by atoms with Crippen molar-refractivity contribution in [2.24, 2.45) is 5.73 Å². The van der Waals surface area contributed by atoms with E-state index in [0.717, 1.165) is 0 Å². The Morgan fingerprint density at radius 1 is 1.30 bits per heavy atom. The summed E-state index contributed by atoms with van der Waals surface area (Å²) in [5.74, 6) is -0.969. The largest absolute Gasteiger partial charge is 0.338 e. The summed E-state index contributed by atoms with van der Waals surface area (Å²) in [6.07, 6.45) is 0.425. The molecule has 3 nitrogen and oxygen atoms in total. The fourth-order valence-corrected chi connectivity index (χ4v) is 0.675. The van der Waals surface area contributed by atoms with Crippen molar-refractivity contribution in [2.75, 3.05) is 13.2 Å². The Morgan fingerprint density at radius 2 is 1.70 bits per heavy atom. The first kappa shape index (κ1) is 9.88. The van der Waals surface area contributed by atoms with Crippen LogP contribution in [0.1, 0.15) is 20.3 Å². The summed E-state index contributed by atoms with van der Waals surface area (Å²) in [6.45, 7) is 8.46. The normalized spacial score (nSPS) is 12.0. The molecule has 0 unspecified atom stereocenters. The minimum Gasteiger partial charge on any atom is -0.338 e. The van der Waals surface area contributed by atoms with Crippen LogP contribution < -0.4 is 5.73 Å². The van der Waals surface area contributed by atoms with Gasteiger partial charge in [-0.15, -0.1) is 0 Å². The summed E-state index contributed by atoms with van der Waals surface area (Å²) in [6, 6.07) is 0. The lowest BCUT2D eigenvalue weighted by atomic mass is 10.4. The number of rotatable bonds is 5. The van der Waals surface area contributed by atoms with Gasteiger partial charge in [0.1, 0.15) is 0 Å². The van der Waals surface area contributed by atoms with Gasteiger partial charge < -0.3 is 9.47 Å². The molecule has 0 aliphatic carbocycles. The van der Waals surface area contributed by atoms with Crippen molar-refractivity contribution in [3.05, 3.63) is 6.92 Å². The zero-order valence-electron chi connectivity index (χ0n) is 6.72. The van der Waals surface area contributed by atoms with Crippen molar-refractivity contribution >= 4 is 0 Å². The molecular weight excluding hydrogens is 130 g/mol. The molecule has 0 aliphatic heterocycles. The molecular formula is C7H16NO2. The van der Waals surface area contributed by atoms with Crippen LogP contribution in [0, 0.1) is 6.92 Å². The molecule has 0 aromatic carbocycles. The second kappa shape index (κ2) is 4.66. The number of nitrogens with two attached hydrogens (primary N) is 1. The molecule has 3 heteroatoms. The van der Waals surface area contributed by atoms with Crippen LogP contribution in [0.4, 0.5) is 0 Å². The Morgan fingerprint density at radius 3 is 1.90 bits per heavy atom. The Balaban J connectivity index is 3.69. The Hall–Kier alpha value is -0.120. The Kier molecular flexibility index (Phi) is 4.60. The van der Waals surface area contributed by atoms with Crippen LogP contribution in [-0.2, 0) is 9.47 Å². The standard InChI is InChI=1S/C7H16NO2/c1-4-7(8,9-5-2)10-6-3/h1,4-6,8H2,2-3H3. The number of hydrogen-bond donors (Lipinski definition) is 1. The lowest BCUT2D eigenvalue weighted by molar-refractivity contribution is -0.227. The maximum absolute atomic E-state index is 5.61. The molecule has 0 fully saturated rings. The first-order valence-electron chi connectivity index (χ1n) is 3.54. The van der Waals surface area contributed by atoms with Gasteiger partial charge in [-0.25, -0.2) is 0 Å². The van der Waals surface area contributed by atoms with E-state index in [4.69, 9.17) is 15.2 Å². The van der Waals surface area contributed by atoms with Gasteiger partial charge in [0.2, 0.25) is 5.91 Å². The molecule has 0 saturated carbocycles. The van der Waals surface area contributed by atoms with Crippen molar-refractivity contribution in [1.82, 2.24) is 0 Å². The molecule has 0 aromatic rings. The van der Waals surface area contributed by atoms with Crippen LogP contribution in [0.2, 0.25) is 0 Å². The SMILES string of the molecule is [CH2]CC(N)(OCC)OCC. The molecule has 0 amide bonds. The highest BCUT2D eigenvalue weighted by Crippen LogP contribution is 2.08. The van der Waals surface area contributed by atoms with E-state index in [1.807, 2.05) is 13.8 Å². The third kappa shape index (κ3) is 3.15. The van der Waals surface area contributed by atoms with Crippen LogP contribution in [0.3, 0.4) is 0 Å². The van der Waals surface area contributed by atoms with Crippen LogP contribution >= 0.6 is 0 Å². The maximum Gasteiger partial charge on any atom is 0.224 e. The predicted octanol–water partition coefficient (Wildman–Crippen LogP) is 0.896. The molecule has 0 atom stereocenters. The van der Waals surface area contributed by atoms with Crippen molar-refractivity contribution in [1.29, 1.82) is 0 Å². The van der Waals surface area contributed by atoms with Crippen LogP contribution in [0.5, 0.6) is 0 Å². The zero-order valence-corrected chi connectivity index (χ0v) is 6.72. The Labute approximate surface area is 62.5 Å². The summed E-state index contributed by atoms with van der Waals surface area (Å²) < 4.78 is 10.2. The van der Waals surface area contributed by atoms with Gasteiger partial charge in [0.15, 0.2) is 0 Å². The monoisotopic (exact) mass is 146 g/mol. The third-order valence-corrected chi connectivity index (χ3v) is 1.13. The summed E-state index contributed by atoms with van der Waals surface area (Å²) in [7, 11) is 0. The molecule has 2 N–H and O–H groups in total. The highest BCUT2D eigenvalue weighted by Gasteiger charge is 2.22. The van der Waals surface area contributed by atoms with Gasteiger partial charge in [-0.2, -0.15) is 0 Å². The van der Waals surface area contributed by atoms with E-state index in [1.165, 1.54) is 0 Å². The van der Waals surface area contributed by atoms with E-state index in [2.05, 4.69) is 6.92 Å². The van der Waals surface area contributed by atoms with Crippen molar-refractivity contribution in [2.45, 2.75) is 26.2 Å². The summed E-state index contributed by atoms with van der Waals surface area (Å²) in [5, 5.41) is 0. The minimum absolute atomic E-state index is 0.425. The molecule has 0 rings (SSSR count). The Bertz CT molecular complexity index is 79.7. The molecule has 1 radical (unpaired) electrons. The highest BCUT2D eigenvalue weighted by molar-refractivity contribution is 4.61. The molecule has 0 spiro atoms. The summed E-state index contributed by atoms with van der Waals surface area (Å²) in [4.78, 5) is 0. The van der Waals surface area contributed by atoms with Crippen molar-refractivity contribution in [3.63, 3.8) is 0 Å². The number of ether oxygens (including phenoxy) is 2. The highest BCUT2D eigenvalue weighted by atomic mass is 16.7. The molecule has 10 heavy (non-hydrogen) atoms. The predicted molar refractivity (Wildman–Crippen MR) is 40.1 cm³/mol. The maximum atomic E-state index is 5.61. The molecule has 0 heterocycles. The second-order valence-electron chi connectivity index (χ2n) is 1.93.